The molecule has 1 N–H and O–H groups in total. The molecule has 2 rings (SSSR count). The zero-order valence-corrected chi connectivity index (χ0v) is 14.3. The van der Waals surface area contributed by atoms with Gasteiger partial charge in [-0.1, -0.05) is 17.7 Å². The van der Waals surface area contributed by atoms with E-state index in [1.165, 1.54) is 0 Å². The van der Waals surface area contributed by atoms with Crippen LogP contribution in [0.5, 0.6) is 11.5 Å². The van der Waals surface area contributed by atoms with E-state index in [9.17, 15) is 0 Å². The molecule has 0 fully saturated rings. The molecule has 2 aromatic carbocycles. The number of methoxy groups -OCH3 is 1. The first-order valence-electron chi connectivity index (χ1n) is 6.62. The molecule has 0 spiro atoms. The molecule has 3 nitrogen and oxygen atoms in total. The largest absolute Gasteiger partial charge is 0.493 e. The minimum Gasteiger partial charge on any atom is -0.493 e. The summed E-state index contributed by atoms with van der Waals surface area (Å²) in [6.45, 7) is 3.23. The van der Waals surface area contributed by atoms with Gasteiger partial charge in [-0.05, 0) is 58.7 Å². The van der Waals surface area contributed by atoms with E-state index in [0.29, 0.717) is 18.2 Å². The molecule has 0 aromatic heterocycles. The van der Waals surface area contributed by atoms with Gasteiger partial charge in [0.1, 0.15) is 0 Å². The molecule has 0 heterocycles. The summed E-state index contributed by atoms with van der Waals surface area (Å²) in [4.78, 5) is 0. The average molecular weight is 371 g/mol. The van der Waals surface area contributed by atoms with Crippen molar-refractivity contribution in [3.05, 3.63) is 51.5 Å². The predicted molar refractivity (Wildman–Crippen MR) is 90.6 cm³/mol. The van der Waals surface area contributed by atoms with E-state index in [1.807, 2.05) is 43.3 Å². The monoisotopic (exact) mass is 369 g/mol. The second-order valence-corrected chi connectivity index (χ2v) is 5.69. The minimum absolute atomic E-state index is 0.615. The fourth-order valence-corrected chi connectivity index (χ4v) is 2.49. The number of halogens is 2. The first kappa shape index (κ1) is 16.0. The molecule has 0 aliphatic rings. The van der Waals surface area contributed by atoms with Crippen LogP contribution < -0.4 is 14.8 Å². The summed E-state index contributed by atoms with van der Waals surface area (Å²) in [5.41, 5.74) is 2.05. The number of nitrogens with one attached hydrogen (secondary N) is 1. The Labute approximate surface area is 138 Å². The maximum Gasteiger partial charge on any atom is 0.161 e. The number of ether oxygens (including phenoxy) is 2. The van der Waals surface area contributed by atoms with E-state index in [1.54, 1.807) is 7.11 Å². The van der Waals surface area contributed by atoms with Gasteiger partial charge in [-0.2, -0.15) is 0 Å². The quantitative estimate of drug-likeness (QED) is 0.765. The fourth-order valence-electron chi connectivity index (χ4n) is 1.93. The lowest BCUT2D eigenvalue weighted by molar-refractivity contribution is 0.310. The highest BCUT2D eigenvalue weighted by atomic mass is 79.9. The highest BCUT2D eigenvalue weighted by Crippen LogP contribution is 2.30. The van der Waals surface area contributed by atoms with Crippen LogP contribution in [0.4, 0.5) is 5.69 Å². The van der Waals surface area contributed by atoms with E-state index in [4.69, 9.17) is 21.1 Å². The predicted octanol–water partition coefficient (Wildman–Crippen LogP) is 5.12. The van der Waals surface area contributed by atoms with Crippen LogP contribution in [-0.2, 0) is 6.54 Å². The van der Waals surface area contributed by atoms with Gasteiger partial charge in [0.2, 0.25) is 0 Å². The first-order chi connectivity index (χ1) is 10.1. The Bertz CT molecular complexity index is 619. The Kier molecular flexibility index (Phi) is 5.76. The average Bonchev–Trinajstić information content (AvgIpc) is 2.49. The molecule has 0 amide bonds. The molecular weight excluding hydrogens is 354 g/mol. The highest BCUT2D eigenvalue weighted by Gasteiger charge is 2.06. The number of rotatable bonds is 6. The number of hydrogen-bond acceptors (Lipinski definition) is 3. The molecule has 0 aliphatic heterocycles. The Morgan fingerprint density at radius 2 is 1.95 bits per heavy atom. The van der Waals surface area contributed by atoms with Crippen molar-refractivity contribution < 1.29 is 9.47 Å². The molecule has 112 valence electrons. The minimum atomic E-state index is 0.615. The van der Waals surface area contributed by atoms with Crippen LogP contribution in [0.15, 0.2) is 40.9 Å². The Morgan fingerprint density at radius 1 is 1.14 bits per heavy atom. The van der Waals surface area contributed by atoms with Crippen LogP contribution in [0.25, 0.3) is 0 Å². The lowest BCUT2D eigenvalue weighted by Gasteiger charge is -2.13. The van der Waals surface area contributed by atoms with Gasteiger partial charge in [-0.3, -0.25) is 0 Å². The van der Waals surface area contributed by atoms with Crippen molar-refractivity contribution in [1.82, 2.24) is 0 Å². The molecule has 0 unspecified atom stereocenters. The number of anilines is 1. The van der Waals surface area contributed by atoms with Gasteiger partial charge in [0.25, 0.3) is 0 Å². The van der Waals surface area contributed by atoms with Crippen LogP contribution in [0, 0.1) is 0 Å². The highest BCUT2D eigenvalue weighted by molar-refractivity contribution is 9.10. The van der Waals surface area contributed by atoms with E-state index in [-0.39, 0.29) is 0 Å². The third-order valence-corrected chi connectivity index (χ3v) is 3.87. The van der Waals surface area contributed by atoms with Crippen molar-refractivity contribution in [3.8, 4) is 11.5 Å². The van der Waals surface area contributed by atoms with E-state index < -0.39 is 0 Å². The summed E-state index contributed by atoms with van der Waals surface area (Å²) in [6, 6.07) is 11.6. The zero-order valence-electron chi connectivity index (χ0n) is 12.0. The van der Waals surface area contributed by atoms with Crippen LogP contribution in [-0.4, -0.2) is 13.7 Å². The van der Waals surface area contributed by atoms with Crippen molar-refractivity contribution in [3.63, 3.8) is 0 Å². The normalized spacial score (nSPS) is 10.3. The van der Waals surface area contributed by atoms with Crippen molar-refractivity contribution in [1.29, 1.82) is 0 Å². The van der Waals surface area contributed by atoms with Crippen LogP contribution in [0.2, 0.25) is 5.02 Å². The SMILES string of the molecule is CCOc1ccc(CNc2cc(Cl)ccc2Br)cc1OC. The molecule has 2 aromatic rings. The summed E-state index contributed by atoms with van der Waals surface area (Å²) in [5, 5.41) is 4.04. The molecular formula is C16H17BrClNO2. The van der Waals surface area contributed by atoms with Gasteiger partial charge < -0.3 is 14.8 Å². The van der Waals surface area contributed by atoms with Crippen LogP contribution in [0.3, 0.4) is 0 Å². The second-order valence-electron chi connectivity index (χ2n) is 4.40. The molecule has 0 atom stereocenters. The van der Waals surface area contributed by atoms with Gasteiger partial charge in [0.05, 0.1) is 19.4 Å². The maximum absolute atomic E-state index is 6.00. The topological polar surface area (TPSA) is 30.5 Å². The maximum atomic E-state index is 6.00. The fraction of sp³-hybridized carbons (Fsp3) is 0.250. The molecule has 5 heteroatoms. The Balaban J connectivity index is 2.11. The van der Waals surface area contributed by atoms with E-state index >= 15 is 0 Å². The molecule has 0 saturated heterocycles. The third kappa shape index (κ3) is 4.29. The molecule has 21 heavy (non-hydrogen) atoms. The van der Waals surface area contributed by atoms with Crippen LogP contribution in [0.1, 0.15) is 12.5 Å². The molecule has 0 aliphatic carbocycles. The summed E-state index contributed by atoms with van der Waals surface area (Å²) in [5.74, 6) is 1.49. The summed E-state index contributed by atoms with van der Waals surface area (Å²) >= 11 is 9.50. The Hall–Kier alpha value is -1.39. The number of hydrogen-bond donors (Lipinski definition) is 1. The van der Waals surface area contributed by atoms with Gasteiger partial charge in [-0.25, -0.2) is 0 Å². The lowest BCUT2D eigenvalue weighted by atomic mass is 10.2. The van der Waals surface area contributed by atoms with Gasteiger partial charge in [0, 0.05) is 16.0 Å². The van der Waals surface area contributed by atoms with Crippen molar-refractivity contribution in [2.75, 3.05) is 19.0 Å². The number of benzene rings is 2. The van der Waals surface area contributed by atoms with Gasteiger partial charge in [-0.15, -0.1) is 0 Å². The van der Waals surface area contributed by atoms with E-state index in [0.717, 1.165) is 27.2 Å². The summed E-state index contributed by atoms with van der Waals surface area (Å²) in [7, 11) is 1.64. The molecule has 0 saturated carbocycles. The second kappa shape index (κ2) is 7.57. The zero-order chi connectivity index (χ0) is 15.2. The summed E-state index contributed by atoms with van der Waals surface area (Å²) in [6.07, 6.45) is 0. The van der Waals surface area contributed by atoms with Crippen molar-refractivity contribution >= 4 is 33.2 Å². The van der Waals surface area contributed by atoms with Crippen molar-refractivity contribution in [2.24, 2.45) is 0 Å². The summed E-state index contributed by atoms with van der Waals surface area (Å²) < 4.78 is 11.8. The van der Waals surface area contributed by atoms with E-state index in [2.05, 4.69) is 21.2 Å². The van der Waals surface area contributed by atoms with Gasteiger partial charge >= 0.3 is 0 Å². The molecule has 0 bridgehead atoms. The van der Waals surface area contributed by atoms with Crippen LogP contribution >= 0.6 is 27.5 Å². The third-order valence-electron chi connectivity index (χ3n) is 2.94. The smallest absolute Gasteiger partial charge is 0.161 e. The van der Waals surface area contributed by atoms with Crippen molar-refractivity contribution in [2.45, 2.75) is 13.5 Å². The standard InChI is InChI=1S/C16H17BrClNO2/c1-3-21-15-7-4-11(8-16(15)20-2)10-19-14-9-12(18)5-6-13(14)17/h4-9,19H,3,10H2,1-2H3. The lowest BCUT2D eigenvalue weighted by Crippen LogP contribution is -2.02. The first-order valence-corrected chi connectivity index (χ1v) is 7.79. The van der Waals surface area contributed by atoms with Gasteiger partial charge in [0.15, 0.2) is 11.5 Å². The molecule has 0 radical (unpaired) electrons. The Morgan fingerprint density at radius 3 is 2.67 bits per heavy atom.